The zero-order chi connectivity index (χ0) is 29.1. The Balaban J connectivity index is 1.70. The first-order chi connectivity index (χ1) is 18.6. The van der Waals surface area contributed by atoms with Crippen LogP contribution >= 0.6 is 11.6 Å². The molecule has 5 rings (SSSR count). The van der Waals surface area contributed by atoms with E-state index in [2.05, 4.69) is 15.6 Å². The average Bonchev–Trinajstić information content (AvgIpc) is 3.39. The lowest BCUT2D eigenvalue weighted by Crippen LogP contribution is -2.21. The van der Waals surface area contributed by atoms with Gasteiger partial charge >= 0.3 is 12.4 Å². The molecule has 1 aliphatic rings. The van der Waals surface area contributed by atoms with E-state index in [-0.39, 0.29) is 44.5 Å². The van der Waals surface area contributed by atoms with Crippen molar-refractivity contribution < 1.29 is 44.7 Å². The van der Waals surface area contributed by atoms with Crippen molar-refractivity contribution in [3.05, 3.63) is 93.3 Å². The maximum Gasteiger partial charge on any atom is 0.416 e. The summed E-state index contributed by atoms with van der Waals surface area (Å²) in [6.45, 7) is -1.52. The van der Waals surface area contributed by atoms with Crippen molar-refractivity contribution in [1.29, 1.82) is 0 Å². The molecule has 0 radical (unpaired) electrons. The van der Waals surface area contributed by atoms with Gasteiger partial charge in [-0.15, -0.1) is 0 Å². The number of rotatable bonds is 4. The van der Waals surface area contributed by atoms with E-state index in [0.29, 0.717) is 16.7 Å². The van der Waals surface area contributed by atoms with Gasteiger partial charge in [0.25, 0.3) is 11.8 Å². The molecule has 0 fully saturated rings. The summed E-state index contributed by atoms with van der Waals surface area (Å²) in [6, 6.07) is 4.11. The predicted molar refractivity (Wildman–Crippen MR) is 126 cm³/mol. The first kappa shape index (κ1) is 27.4. The van der Waals surface area contributed by atoms with Crippen molar-refractivity contribution in [1.82, 2.24) is 14.9 Å². The minimum Gasteiger partial charge on any atom is -0.341 e. The molecule has 40 heavy (non-hydrogen) atoms. The summed E-state index contributed by atoms with van der Waals surface area (Å²) in [5.74, 6) is -4.23. The van der Waals surface area contributed by atoms with E-state index in [0.717, 1.165) is 24.5 Å². The lowest BCUT2D eigenvalue weighted by molar-refractivity contribution is -0.140. The van der Waals surface area contributed by atoms with Crippen LogP contribution in [0, 0.1) is 11.6 Å². The molecule has 0 saturated carbocycles. The summed E-state index contributed by atoms with van der Waals surface area (Å²) in [5, 5.41) is 4.78. The molecule has 0 bridgehead atoms. The van der Waals surface area contributed by atoms with Gasteiger partial charge in [0.05, 0.1) is 29.0 Å². The smallest absolute Gasteiger partial charge is 0.341 e. The van der Waals surface area contributed by atoms with Crippen LogP contribution in [0.4, 0.5) is 40.8 Å². The normalized spacial score (nSPS) is 15.3. The Kier molecular flexibility index (Phi) is 6.48. The van der Waals surface area contributed by atoms with Gasteiger partial charge < -0.3 is 15.2 Å². The molecule has 2 amide bonds. The monoisotopic (exact) mass is 588 g/mol. The number of halogens is 9. The highest BCUT2D eigenvalue weighted by atomic mass is 35.5. The van der Waals surface area contributed by atoms with Gasteiger partial charge in [-0.05, 0) is 42.5 Å². The fraction of sp³-hybridized carbons (Fsp3) is 0.160. The van der Waals surface area contributed by atoms with Crippen molar-refractivity contribution in [3.63, 3.8) is 0 Å². The van der Waals surface area contributed by atoms with Gasteiger partial charge in [-0.1, -0.05) is 11.6 Å². The number of nitrogens with one attached hydrogen (secondary N) is 2. The predicted octanol–water partition coefficient (Wildman–Crippen LogP) is 6.63. The van der Waals surface area contributed by atoms with E-state index in [1.54, 1.807) is 0 Å². The van der Waals surface area contributed by atoms with E-state index in [4.69, 9.17) is 11.6 Å². The largest absolute Gasteiger partial charge is 0.416 e. The Bertz CT molecular complexity index is 1700. The zero-order valence-electron chi connectivity index (χ0n) is 19.5. The quantitative estimate of drug-likeness (QED) is 0.263. The second-order valence-corrected chi connectivity index (χ2v) is 9.23. The van der Waals surface area contributed by atoms with Crippen molar-refractivity contribution >= 4 is 40.1 Å². The molecule has 0 spiro atoms. The van der Waals surface area contributed by atoms with Gasteiger partial charge in [0.1, 0.15) is 23.7 Å². The van der Waals surface area contributed by atoms with Gasteiger partial charge in [0, 0.05) is 27.4 Å². The lowest BCUT2D eigenvalue weighted by atomic mass is 9.95. The maximum absolute atomic E-state index is 14.1. The zero-order valence-corrected chi connectivity index (χ0v) is 20.3. The number of carbonyl (C=O) groups is 2. The Hall–Kier alpha value is -4.20. The fourth-order valence-corrected chi connectivity index (χ4v) is 4.71. The molecule has 3 aromatic carbocycles. The molecule has 15 heteroatoms. The van der Waals surface area contributed by atoms with Crippen LogP contribution in [0.2, 0.25) is 5.02 Å². The van der Waals surface area contributed by atoms with E-state index in [1.165, 1.54) is 6.07 Å². The summed E-state index contributed by atoms with van der Waals surface area (Å²) < 4.78 is 108. The number of carbonyl (C=O) groups excluding carboxylic acids is 2. The molecule has 2 heterocycles. The van der Waals surface area contributed by atoms with E-state index in [9.17, 15) is 44.7 Å². The second kappa shape index (κ2) is 9.47. The summed E-state index contributed by atoms with van der Waals surface area (Å²) in [6.07, 6.45) is -8.87. The van der Waals surface area contributed by atoms with Gasteiger partial charge in [-0.25, -0.2) is 13.8 Å². The van der Waals surface area contributed by atoms with Crippen LogP contribution in [-0.2, 0) is 12.7 Å². The third kappa shape index (κ3) is 5.06. The molecule has 4 aromatic rings. The molecule has 0 unspecified atom stereocenters. The summed E-state index contributed by atoms with van der Waals surface area (Å²) >= 11 is 6.22. The maximum atomic E-state index is 14.1. The van der Waals surface area contributed by atoms with Crippen LogP contribution in [-0.4, -0.2) is 27.5 Å². The summed E-state index contributed by atoms with van der Waals surface area (Å²) in [7, 11) is 0. The number of fused-ring (bicyclic) bond motifs is 3. The minimum absolute atomic E-state index is 0.0144. The number of amides is 2. The molecular weight excluding hydrogens is 576 g/mol. The SMILES string of the molecule is O=C(Nc1cc2c(ncn2CC(F)(F)F)c2c1[C@@H](c1cc(F)ccc1Cl)NC2=O)c1cc(F)cc(C(F)(F)F)c1. The van der Waals surface area contributed by atoms with Gasteiger partial charge in [0.2, 0.25) is 0 Å². The number of hydrogen-bond donors (Lipinski definition) is 2. The number of anilines is 1. The van der Waals surface area contributed by atoms with E-state index < -0.39 is 59.5 Å². The molecule has 2 N–H and O–H groups in total. The first-order valence-corrected chi connectivity index (χ1v) is 11.5. The van der Waals surface area contributed by atoms with Crippen molar-refractivity contribution in [3.8, 4) is 0 Å². The minimum atomic E-state index is -4.99. The molecule has 208 valence electrons. The highest BCUT2D eigenvalue weighted by Gasteiger charge is 2.38. The van der Waals surface area contributed by atoms with Crippen LogP contribution < -0.4 is 10.6 Å². The lowest BCUT2D eigenvalue weighted by Gasteiger charge is -2.19. The number of aromatic nitrogens is 2. The highest BCUT2D eigenvalue weighted by molar-refractivity contribution is 6.31. The first-order valence-electron chi connectivity index (χ1n) is 11.2. The Labute approximate surface area is 223 Å². The van der Waals surface area contributed by atoms with Crippen molar-refractivity contribution in [2.75, 3.05) is 5.32 Å². The third-order valence-electron chi connectivity index (χ3n) is 6.10. The average molecular weight is 589 g/mol. The molecule has 1 aromatic heterocycles. The second-order valence-electron chi connectivity index (χ2n) is 8.82. The van der Waals surface area contributed by atoms with Crippen LogP contribution in [0.1, 0.15) is 43.4 Å². The molecular formula is C25H13ClF8N4O2. The van der Waals surface area contributed by atoms with Crippen LogP contribution in [0.25, 0.3) is 11.0 Å². The van der Waals surface area contributed by atoms with Crippen LogP contribution in [0.5, 0.6) is 0 Å². The molecule has 1 aliphatic heterocycles. The molecule has 0 aliphatic carbocycles. The van der Waals surface area contributed by atoms with Crippen LogP contribution in [0.15, 0.2) is 48.8 Å². The van der Waals surface area contributed by atoms with E-state index >= 15 is 0 Å². The van der Waals surface area contributed by atoms with Crippen LogP contribution in [0.3, 0.4) is 0 Å². The Morgan fingerprint density at radius 1 is 1.02 bits per heavy atom. The number of alkyl halides is 6. The molecule has 0 saturated heterocycles. The van der Waals surface area contributed by atoms with Crippen molar-refractivity contribution in [2.24, 2.45) is 0 Å². The van der Waals surface area contributed by atoms with E-state index in [1.807, 2.05) is 0 Å². The number of imidazole rings is 1. The van der Waals surface area contributed by atoms with Gasteiger partial charge in [0.15, 0.2) is 0 Å². The number of benzene rings is 3. The number of nitrogens with zero attached hydrogens (tertiary/aromatic N) is 2. The fourth-order valence-electron chi connectivity index (χ4n) is 4.49. The third-order valence-corrected chi connectivity index (χ3v) is 6.45. The topological polar surface area (TPSA) is 76.0 Å². The number of hydrogen-bond acceptors (Lipinski definition) is 3. The van der Waals surface area contributed by atoms with Gasteiger partial charge in [-0.3, -0.25) is 9.59 Å². The standard InChI is InChI=1S/C25H13ClF8N4O2/c26-15-2-1-12(27)6-14(15)20-18-16(36-22(39)10-3-11(25(32,33)34)5-13(28)4-10)7-17-21(19(18)23(40)37-20)35-9-38(17)8-24(29,30)31/h1-7,9,20H,8H2,(H,36,39)(H,37,40)/t20-/m1/s1. The summed E-state index contributed by atoms with van der Waals surface area (Å²) in [4.78, 5) is 30.0. The summed E-state index contributed by atoms with van der Waals surface area (Å²) in [5.41, 5.74) is -3.30. The molecule has 1 atom stereocenters. The van der Waals surface area contributed by atoms with Gasteiger partial charge in [-0.2, -0.15) is 26.3 Å². The Morgan fingerprint density at radius 2 is 1.75 bits per heavy atom. The van der Waals surface area contributed by atoms with Crippen molar-refractivity contribution in [2.45, 2.75) is 24.9 Å². The Morgan fingerprint density at radius 3 is 2.42 bits per heavy atom. The molecule has 6 nitrogen and oxygen atoms in total. The highest BCUT2D eigenvalue weighted by Crippen LogP contribution is 2.43.